The van der Waals surface area contributed by atoms with Gasteiger partial charge in [0.1, 0.15) is 34.7 Å². The minimum Gasteiger partial charge on any atom is -0.490 e. The Kier molecular flexibility index (Phi) is 8.03. The van der Waals surface area contributed by atoms with E-state index in [2.05, 4.69) is 10.3 Å². The summed E-state index contributed by atoms with van der Waals surface area (Å²) in [5.74, 6) is -0.148. The number of ether oxygens (including phenoxy) is 2. The first kappa shape index (κ1) is 26.1. The summed E-state index contributed by atoms with van der Waals surface area (Å²) in [4.78, 5) is 44.6. The SMILES string of the molecule is CCC(C(=O)Nc1c(C)cccc1C)n1cnc2sc(C(=O)OCCOc3ccccc3)c(C)c2c1=O. The van der Waals surface area contributed by atoms with E-state index < -0.39 is 12.0 Å². The van der Waals surface area contributed by atoms with Crippen molar-refractivity contribution >= 4 is 39.1 Å². The second kappa shape index (κ2) is 11.4. The summed E-state index contributed by atoms with van der Waals surface area (Å²) in [6, 6.07) is 14.3. The van der Waals surface area contributed by atoms with Crippen LogP contribution in [0.4, 0.5) is 5.69 Å². The molecule has 2 aromatic heterocycles. The number of amides is 1. The Morgan fingerprint density at radius 3 is 2.41 bits per heavy atom. The summed E-state index contributed by atoms with van der Waals surface area (Å²) in [5, 5.41) is 3.29. The van der Waals surface area contributed by atoms with Crippen LogP contribution in [-0.4, -0.2) is 34.6 Å². The van der Waals surface area contributed by atoms with Gasteiger partial charge in [-0.25, -0.2) is 9.78 Å². The maximum Gasteiger partial charge on any atom is 0.348 e. The number of carbonyl (C=O) groups excluding carboxylic acids is 2. The molecule has 0 aliphatic heterocycles. The number of hydrogen-bond donors (Lipinski definition) is 1. The van der Waals surface area contributed by atoms with Crippen LogP contribution in [0.1, 0.15) is 45.7 Å². The molecule has 0 aliphatic carbocycles. The normalized spacial score (nSPS) is 11.8. The third-order valence-corrected chi connectivity index (χ3v) is 7.32. The van der Waals surface area contributed by atoms with E-state index in [0.29, 0.717) is 32.8 Å². The average Bonchev–Trinajstić information content (AvgIpc) is 3.23. The van der Waals surface area contributed by atoms with Gasteiger partial charge in [-0.15, -0.1) is 11.3 Å². The van der Waals surface area contributed by atoms with Crippen molar-refractivity contribution in [3.8, 4) is 5.75 Å². The summed E-state index contributed by atoms with van der Waals surface area (Å²) >= 11 is 1.10. The van der Waals surface area contributed by atoms with Crippen LogP contribution in [0.5, 0.6) is 5.75 Å². The van der Waals surface area contributed by atoms with E-state index in [4.69, 9.17) is 9.47 Å². The molecule has 37 heavy (non-hydrogen) atoms. The van der Waals surface area contributed by atoms with E-state index in [1.807, 2.05) is 69.3 Å². The molecule has 4 rings (SSSR count). The van der Waals surface area contributed by atoms with Gasteiger partial charge >= 0.3 is 5.97 Å². The molecule has 1 N–H and O–H groups in total. The number of benzene rings is 2. The number of aryl methyl sites for hydroxylation is 3. The van der Waals surface area contributed by atoms with Crippen molar-refractivity contribution in [1.82, 2.24) is 9.55 Å². The fraction of sp³-hybridized carbons (Fsp3) is 0.286. The number of para-hydroxylation sites is 2. The number of aromatic nitrogens is 2. The van der Waals surface area contributed by atoms with Gasteiger partial charge < -0.3 is 14.8 Å². The molecule has 8 nitrogen and oxygen atoms in total. The lowest BCUT2D eigenvalue weighted by atomic mass is 10.1. The van der Waals surface area contributed by atoms with Crippen molar-refractivity contribution in [2.75, 3.05) is 18.5 Å². The van der Waals surface area contributed by atoms with Crippen molar-refractivity contribution in [3.63, 3.8) is 0 Å². The lowest BCUT2D eigenvalue weighted by molar-refractivity contribution is -0.119. The second-order valence-electron chi connectivity index (χ2n) is 8.67. The quantitative estimate of drug-likeness (QED) is 0.241. The maximum atomic E-state index is 13.5. The van der Waals surface area contributed by atoms with Gasteiger partial charge in [-0.2, -0.15) is 0 Å². The Morgan fingerprint density at radius 1 is 1.03 bits per heavy atom. The Bertz CT molecular complexity index is 1470. The standard InChI is InChI=1S/C28H29N3O5S/c1-5-21(25(32)30-23-17(2)10-9-11-18(23)3)31-16-29-26-22(27(31)33)19(4)24(37-26)28(34)36-15-14-35-20-12-7-6-8-13-20/h6-13,16,21H,5,14-15H2,1-4H3,(H,30,32). The minimum atomic E-state index is -0.756. The first-order valence-corrected chi connectivity index (χ1v) is 12.9. The molecule has 0 saturated heterocycles. The Labute approximate surface area is 218 Å². The molecule has 0 spiro atoms. The number of rotatable bonds is 9. The van der Waals surface area contributed by atoms with E-state index in [1.165, 1.54) is 10.9 Å². The molecule has 1 unspecified atom stereocenters. The van der Waals surface area contributed by atoms with Crippen LogP contribution in [0, 0.1) is 20.8 Å². The summed E-state index contributed by atoms with van der Waals surface area (Å²) in [6.45, 7) is 7.65. The Balaban J connectivity index is 1.53. The van der Waals surface area contributed by atoms with Gasteiger partial charge in [0.15, 0.2) is 0 Å². The topological polar surface area (TPSA) is 99.5 Å². The van der Waals surface area contributed by atoms with Crippen molar-refractivity contribution in [2.45, 2.75) is 40.2 Å². The lowest BCUT2D eigenvalue weighted by Crippen LogP contribution is -2.33. The van der Waals surface area contributed by atoms with E-state index in [1.54, 1.807) is 6.92 Å². The minimum absolute atomic E-state index is 0.0650. The molecule has 2 aromatic carbocycles. The fourth-order valence-corrected chi connectivity index (χ4v) is 5.19. The summed E-state index contributed by atoms with van der Waals surface area (Å²) in [6.07, 6.45) is 1.77. The summed E-state index contributed by atoms with van der Waals surface area (Å²) in [5.41, 5.74) is 2.74. The predicted molar refractivity (Wildman–Crippen MR) is 145 cm³/mol. The van der Waals surface area contributed by atoms with Gasteiger partial charge in [0.25, 0.3) is 5.56 Å². The number of nitrogens with zero attached hydrogens (tertiary/aromatic N) is 2. The van der Waals surface area contributed by atoms with E-state index in [-0.39, 0.29) is 24.7 Å². The van der Waals surface area contributed by atoms with Gasteiger partial charge in [0, 0.05) is 5.69 Å². The monoisotopic (exact) mass is 519 g/mol. The fourth-order valence-electron chi connectivity index (χ4n) is 4.16. The maximum absolute atomic E-state index is 13.5. The first-order valence-electron chi connectivity index (χ1n) is 12.0. The number of esters is 1. The molecule has 0 bridgehead atoms. The molecule has 4 aromatic rings. The molecule has 0 radical (unpaired) electrons. The second-order valence-corrected chi connectivity index (χ2v) is 9.67. The van der Waals surface area contributed by atoms with Gasteiger partial charge in [-0.05, 0) is 56.0 Å². The van der Waals surface area contributed by atoms with Crippen LogP contribution in [0.2, 0.25) is 0 Å². The predicted octanol–water partition coefficient (Wildman–Crippen LogP) is 5.21. The number of thiophene rings is 1. The van der Waals surface area contributed by atoms with Crippen LogP contribution in [-0.2, 0) is 9.53 Å². The van der Waals surface area contributed by atoms with Crippen molar-refractivity contribution < 1.29 is 19.1 Å². The number of anilines is 1. The first-order chi connectivity index (χ1) is 17.8. The molecule has 1 atom stereocenters. The third-order valence-electron chi connectivity index (χ3n) is 6.14. The van der Waals surface area contributed by atoms with Gasteiger partial charge in [0.2, 0.25) is 5.91 Å². The highest BCUT2D eigenvalue weighted by Crippen LogP contribution is 2.28. The molecule has 192 valence electrons. The molecule has 0 saturated carbocycles. The zero-order valence-corrected chi connectivity index (χ0v) is 22.1. The number of hydrogen-bond acceptors (Lipinski definition) is 7. The van der Waals surface area contributed by atoms with Crippen molar-refractivity contribution in [3.05, 3.63) is 86.8 Å². The van der Waals surface area contributed by atoms with Gasteiger partial charge in [-0.3, -0.25) is 14.2 Å². The molecular formula is C28H29N3O5S. The summed E-state index contributed by atoms with van der Waals surface area (Å²) in [7, 11) is 0. The zero-order chi connectivity index (χ0) is 26.5. The van der Waals surface area contributed by atoms with E-state index in [9.17, 15) is 14.4 Å². The van der Waals surface area contributed by atoms with Crippen LogP contribution in [0.25, 0.3) is 10.2 Å². The highest BCUT2D eigenvalue weighted by Gasteiger charge is 2.25. The van der Waals surface area contributed by atoms with Crippen LogP contribution >= 0.6 is 11.3 Å². The molecule has 2 heterocycles. The smallest absolute Gasteiger partial charge is 0.348 e. The zero-order valence-electron chi connectivity index (χ0n) is 21.2. The van der Waals surface area contributed by atoms with Crippen molar-refractivity contribution in [1.29, 1.82) is 0 Å². The van der Waals surface area contributed by atoms with Crippen LogP contribution < -0.4 is 15.6 Å². The highest BCUT2D eigenvalue weighted by atomic mass is 32.1. The number of carbonyl (C=O) groups is 2. The van der Waals surface area contributed by atoms with Crippen LogP contribution in [0.3, 0.4) is 0 Å². The molecule has 0 fully saturated rings. The Morgan fingerprint density at radius 2 is 1.73 bits per heavy atom. The third kappa shape index (κ3) is 5.56. The van der Waals surface area contributed by atoms with E-state index in [0.717, 1.165) is 28.2 Å². The van der Waals surface area contributed by atoms with Crippen molar-refractivity contribution in [2.24, 2.45) is 0 Å². The highest BCUT2D eigenvalue weighted by molar-refractivity contribution is 7.20. The lowest BCUT2D eigenvalue weighted by Gasteiger charge is -2.19. The van der Waals surface area contributed by atoms with E-state index >= 15 is 0 Å². The average molecular weight is 520 g/mol. The van der Waals surface area contributed by atoms with Gasteiger partial charge in [0.05, 0.1) is 11.7 Å². The molecular weight excluding hydrogens is 490 g/mol. The molecule has 0 aliphatic rings. The van der Waals surface area contributed by atoms with Gasteiger partial charge in [-0.1, -0.05) is 43.3 Å². The van der Waals surface area contributed by atoms with Crippen LogP contribution in [0.15, 0.2) is 59.7 Å². The molecule has 1 amide bonds. The largest absolute Gasteiger partial charge is 0.490 e. The number of nitrogens with one attached hydrogen (secondary N) is 1. The number of fused-ring (bicyclic) bond motifs is 1. The Hall–Kier alpha value is -3.98. The summed E-state index contributed by atoms with van der Waals surface area (Å²) < 4.78 is 12.3. The molecule has 9 heteroatoms.